The van der Waals surface area contributed by atoms with Crippen molar-refractivity contribution in [3.05, 3.63) is 17.6 Å². The van der Waals surface area contributed by atoms with Crippen LogP contribution < -0.4 is 11.5 Å². The van der Waals surface area contributed by atoms with E-state index in [1.165, 1.54) is 6.20 Å². The topological polar surface area (TPSA) is 107 Å². The van der Waals surface area contributed by atoms with E-state index < -0.39 is 5.91 Å². The molecule has 1 fully saturated rings. The Morgan fingerprint density at radius 2 is 2.44 bits per heavy atom. The molecular formula is C11H17N5O2. The van der Waals surface area contributed by atoms with Crippen molar-refractivity contribution in [2.75, 3.05) is 32.0 Å². The van der Waals surface area contributed by atoms with E-state index in [-0.39, 0.29) is 17.5 Å². The van der Waals surface area contributed by atoms with Crippen LogP contribution in [0.25, 0.3) is 0 Å². The minimum absolute atomic E-state index is 0.102. The first-order chi connectivity index (χ1) is 8.61. The van der Waals surface area contributed by atoms with Crippen LogP contribution in [0, 0.1) is 0 Å². The number of primary amides is 1. The molecule has 2 rings (SSSR count). The molecule has 1 aliphatic rings. The number of nitrogen functional groups attached to an aromatic ring is 1. The van der Waals surface area contributed by atoms with Crippen LogP contribution in [0.5, 0.6) is 0 Å². The summed E-state index contributed by atoms with van der Waals surface area (Å²) in [5, 5.41) is 0. The number of ether oxygens (including phenoxy) is 1. The summed E-state index contributed by atoms with van der Waals surface area (Å²) in [5.41, 5.74) is 11.0. The highest BCUT2D eigenvalue weighted by atomic mass is 16.5. The van der Waals surface area contributed by atoms with E-state index in [1.54, 1.807) is 0 Å². The van der Waals surface area contributed by atoms with E-state index in [1.807, 2.05) is 0 Å². The molecule has 1 aromatic rings. The second-order valence-electron chi connectivity index (χ2n) is 4.14. The van der Waals surface area contributed by atoms with Gasteiger partial charge in [0, 0.05) is 19.3 Å². The first kappa shape index (κ1) is 12.7. The number of nitrogens with zero attached hydrogens (tertiary/aromatic N) is 3. The fourth-order valence-corrected chi connectivity index (χ4v) is 1.90. The lowest BCUT2D eigenvalue weighted by Gasteiger charge is -2.31. The first-order valence-electron chi connectivity index (χ1n) is 5.88. The van der Waals surface area contributed by atoms with Crippen LogP contribution in [0.4, 0.5) is 5.82 Å². The predicted octanol–water partition coefficient (Wildman–Crippen LogP) is -0.449. The van der Waals surface area contributed by atoms with Gasteiger partial charge in [-0.15, -0.1) is 0 Å². The summed E-state index contributed by atoms with van der Waals surface area (Å²) in [6.45, 7) is 5.32. The van der Waals surface area contributed by atoms with Crippen LogP contribution in [0.2, 0.25) is 0 Å². The van der Waals surface area contributed by atoms with Crippen molar-refractivity contribution in [3.63, 3.8) is 0 Å². The molecule has 0 radical (unpaired) electrons. The average molecular weight is 251 g/mol. The summed E-state index contributed by atoms with van der Waals surface area (Å²) >= 11 is 0. The Bertz CT molecular complexity index is 451. The molecule has 0 spiro atoms. The zero-order valence-electron chi connectivity index (χ0n) is 10.3. The molecular weight excluding hydrogens is 234 g/mol. The quantitative estimate of drug-likeness (QED) is 0.753. The molecule has 1 atom stereocenters. The summed E-state index contributed by atoms with van der Waals surface area (Å²) in [4.78, 5) is 21.5. The van der Waals surface area contributed by atoms with Crippen molar-refractivity contribution in [2.45, 2.75) is 13.0 Å². The molecule has 4 N–H and O–H groups in total. The maximum absolute atomic E-state index is 11.0. The zero-order chi connectivity index (χ0) is 13.1. The SMILES string of the molecule is CCN1CCOC(c2ncc(C(N)=O)c(N)n2)C1. The molecule has 0 saturated carbocycles. The van der Waals surface area contributed by atoms with Gasteiger partial charge in [0.25, 0.3) is 5.91 Å². The van der Waals surface area contributed by atoms with E-state index in [9.17, 15) is 4.79 Å². The number of carbonyl (C=O) groups is 1. The highest BCUT2D eigenvalue weighted by molar-refractivity contribution is 5.96. The van der Waals surface area contributed by atoms with E-state index >= 15 is 0 Å². The molecule has 0 bridgehead atoms. The minimum Gasteiger partial charge on any atom is -0.383 e. The van der Waals surface area contributed by atoms with Gasteiger partial charge in [0.05, 0.1) is 12.2 Å². The molecule has 7 nitrogen and oxygen atoms in total. The first-order valence-corrected chi connectivity index (χ1v) is 5.88. The lowest BCUT2D eigenvalue weighted by atomic mass is 10.2. The number of aromatic nitrogens is 2. The Morgan fingerprint density at radius 1 is 1.67 bits per heavy atom. The van der Waals surface area contributed by atoms with Crippen LogP contribution in [0.3, 0.4) is 0 Å². The molecule has 2 heterocycles. The summed E-state index contributed by atoms with van der Waals surface area (Å²) < 4.78 is 5.61. The van der Waals surface area contributed by atoms with Gasteiger partial charge < -0.3 is 16.2 Å². The van der Waals surface area contributed by atoms with Gasteiger partial charge >= 0.3 is 0 Å². The number of hydrogen-bond acceptors (Lipinski definition) is 6. The number of hydrogen-bond donors (Lipinski definition) is 2. The highest BCUT2D eigenvalue weighted by Gasteiger charge is 2.24. The summed E-state index contributed by atoms with van der Waals surface area (Å²) in [6.07, 6.45) is 1.15. The van der Waals surface area contributed by atoms with E-state index in [4.69, 9.17) is 16.2 Å². The Hall–Kier alpha value is -1.73. The molecule has 7 heteroatoms. The van der Waals surface area contributed by atoms with Crippen molar-refractivity contribution < 1.29 is 9.53 Å². The highest BCUT2D eigenvalue weighted by Crippen LogP contribution is 2.20. The Balaban J connectivity index is 2.18. The van der Waals surface area contributed by atoms with Crippen molar-refractivity contribution in [1.29, 1.82) is 0 Å². The number of anilines is 1. The fourth-order valence-electron chi connectivity index (χ4n) is 1.90. The van der Waals surface area contributed by atoms with Crippen LogP contribution in [-0.4, -0.2) is 47.0 Å². The number of morpholine rings is 1. The summed E-state index contributed by atoms with van der Waals surface area (Å²) in [6, 6.07) is 0. The normalized spacial score (nSPS) is 20.8. The largest absolute Gasteiger partial charge is 0.383 e. The van der Waals surface area contributed by atoms with Crippen molar-refractivity contribution >= 4 is 11.7 Å². The van der Waals surface area contributed by atoms with E-state index in [0.29, 0.717) is 12.4 Å². The van der Waals surface area contributed by atoms with Gasteiger partial charge in [-0.05, 0) is 6.54 Å². The third kappa shape index (κ3) is 2.57. The number of likely N-dealkylation sites (N-methyl/N-ethyl adjacent to an activating group) is 1. The number of carbonyl (C=O) groups excluding carboxylic acids is 1. The van der Waals surface area contributed by atoms with Crippen LogP contribution in [0.1, 0.15) is 29.2 Å². The standard InChI is InChI=1S/C11H17N5O2/c1-2-16-3-4-18-8(6-16)11-14-5-7(10(13)17)9(12)15-11/h5,8H,2-4,6H2,1H3,(H2,13,17)(H2,12,14,15). The molecule has 1 aliphatic heterocycles. The maximum atomic E-state index is 11.0. The van der Waals surface area contributed by atoms with Gasteiger partial charge in [-0.25, -0.2) is 9.97 Å². The molecule has 98 valence electrons. The van der Waals surface area contributed by atoms with Gasteiger partial charge in [0.2, 0.25) is 0 Å². The Labute approximate surface area is 105 Å². The van der Waals surface area contributed by atoms with E-state index in [0.717, 1.165) is 19.6 Å². The van der Waals surface area contributed by atoms with Crippen LogP contribution in [0.15, 0.2) is 6.20 Å². The Kier molecular flexibility index (Phi) is 3.73. The zero-order valence-corrected chi connectivity index (χ0v) is 10.3. The second kappa shape index (κ2) is 5.28. The van der Waals surface area contributed by atoms with Gasteiger partial charge in [0.15, 0.2) is 5.82 Å². The third-order valence-electron chi connectivity index (χ3n) is 2.99. The molecule has 1 amide bonds. The molecule has 1 unspecified atom stereocenters. The predicted molar refractivity (Wildman–Crippen MR) is 65.8 cm³/mol. The number of amides is 1. The summed E-state index contributed by atoms with van der Waals surface area (Å²) in [7, 11) is 0. The van der Waals surface area contributed by atoms with Crippen molar-refractivity contribution in [3.8, 4) is 0 Å². The van der Waals surface area contributed by atoms with Gasteiger partial charge in [-0.1, -0.05) is 6.92 Å². The minimum atomic E-state index is -0.626. The molecule has 1 aromatic heterocycles. The molecule has 0 aromatic carbocycles. The van der Waals surface area contributed by atoms with Crippen LogP contribution >= 0.6 is 0 Å². The second-order valence-corrected chi connectivity index (χ2v) is 4.14. The van der Waals surface area contributed by atoms with Crippen LogP contribution in [-0.2, 0) is 4.74 Å². The van der Waals surface area contributed by atoms with Crippen molar-refractivity contribution in [2.24, 2.45) is 5.73 Å². The maximum Gasteiger partial charge on any atom is 0.254 e. The fraction of sp³-hybridized carbons (Fsp3) is 0.545. The molecule has 0 aliphatic carbocycles. The van der Waals surface area contributed by atoms with Crippen molar-refractivity contribution in [1.82, 2.24) is 14.9 Å². The van der Waals surface area contributed by atoms with Gasteiger partial charge in [0.1, 0.15) is 11.9 Å². The van der Waals surface area contributed by atoms with Gasteiger partial charge in [-0.3, -0.25) is 9.69 Å². The van der Waals surface area contributed by atoms with Gasteiger partial charge in [-0.2, -0.15) is 0 Å². The average Bonchev–Trinajstić information content (AvgIpc) is 2.38. The summed E-state index contributed by atoms with van der Waals surface area (Å²) in [5.74, 6) is -0.0285. The number of nitrogens with two attached hydrogens (primary N) is 2. The third-order valence-corrected chi connectivity index (χ3v) is 2.99. The Morgan fingerprint density at radius 3 is 3.06 bits per heavy atom. The van der Waals surface area contributed by atoms with E-state index in [2.05, 4.69) is 21.8 Å². The monoisotopic (exact) mass is 251 g/mol. The lowest BCUT2D eigenvalue weighted by molar-refractivity contribution is -0.0325. The number of rotatable bonds is 3. The molecule has 18 heavy (non-hydrogen) atoms. The lowest BCUT2D eigenvalue weighted by Crippen LogP contribution is -2.38. The smallest absolute Gasteiger partial charge is 0.254 e. The molecule has 1 saturated heterocycles.